The highest BCUT2D eigenvalue weighted by molar-refractivity contribution is 5.25. The third kappa shape index (κ3) is 2.13. The molecule has 1 heterocycles. The van der Waals surface area contributed by atoms with E-state index in [1.165, 1.54) is 5.56 Å². The second kappa shape index (κ2) is 4.47. The summed E-state index contributed by atoms with van der Waals surface area (Å²) in [7, 11) is 0. The highest BCUT2D eigenvalue weighted by Crippen LogP contribution is 2.24. The number of aryl methyl sites for hydroxylation is 2. The SMILES string of the molecule is CCc1cc(C(C)CO)c(CC)o1. The van der Waals surface area contributed by atoms with Gasteiger partial charge in [-0.3, -0.25) is 0 Å². The van der Waals surface area contributed by atoms with Gasteiger partial charge in [-0.15, -0.1) is 0 Å². The van der Waals surface area contributed by atoms with Crippen LogP contribution in [0.4, 0.5) is 0 Å². The van der Waals surface area contributed by atoms with Crippen LogP contribution in [0.5, 0.6) is 0 Å². The normalized spacial score (nSPS) is 13.2. The monoisotopic (exact) mass is 182 g/mol. The predicted molar refractivity (Wildman–Crippen MR) is 53.0 cm³/mol. The fourth-order valence-corrected chi connectivity index (χ4v) is 1.47. The van der Waals surface area contributed by atoms with Crippen molar-refractivity contribution in [2.24, 2.45) is 0 Å². The van der Waals surface area contributed by atoms with Gasteiger partial charge in [-0.05, 0) is 11.6 Å². The Balaban J connectivity index is 2.96. The van der Waals surface area contributed by atoms with Crippen molar-refractivity contribution in [3.63, 3.8) is 0 Å². The van der Waals surface area contributed by atoms with Gasteiger partial charge >= 0.3 is 0 Å². The van der Waals surface area contributed by atoms with Crippen LogP contribution in [-0.4, -0.2) is 11.7 Å². The highest BCUT2D eigenvalue weighted by Gasteiger charge is 2.13. The van der Waals surface area contributed by atoms with Crippen LogP contribution in [0.1, 0.15) is 43.8 Å². The quantitative estimate of drug-likeness (QED) is 0.776. The molecule has 0 spiro atoms. The maximum atomic E-state index is 9.05. The average molecular weight is 182 g/mol. The van der Waals surface area contributed by atoms with E-state index in [2.05, 4.69) is 19.9 Å². The van der Waals surface area contributed by atoms with E-state index in [1.54, 1.807) is 0 Å². The van der Waals surface area contributed by atoms with Gasteiger partial charge in [-0.25, -0.2) is 0 Å². The summed E-state index contributed by atoms with van der Waals surface area (Å²) >= 11 is 0. The lowest BCUT2D eigenvalue weighted by molar-refractivity contribution is 0.271. The summed E-state index contributed by atoms with van der Waals surface area (Å²) in [6.45, 7) is 6.36. The lowest BCUT2D eigenvalue weighted by Gasteiger charge is -2.05. The first-order valence-electron chi connectivity index (χ1n) is 4.95. The van der Waals surface area contributed by atoms with E-state index < -0.39 is 0 Å². The second-order valence-electron chi connectivity index (χ2n) is 3.38. The molecule has 0 radical (unpaired) electrons. The number of aliphatic hydroxyl groups is 1. The first kappa shape index (κ1) is 10.3. The molecule has 1 aromatic rings. The van der Waals surface area contributed by atoms with Crippen LogP contribution < -0.4 is 0 Å². The molecule has 0 aromatic carbocycles. The molecule has 0 aliphatic rings. The summed E-state index contributed by atoms with van der Waals surface area (Å²) in [6.07, 6.45) is 1.82. The Morgan fingerprint density at radius 1 is 1.38 bits per heavy atom. The Morgan fingerprint density at radius 3 is 2.54 bits per heavy atom. The second-order valence-corrected chi connectivity index (χ2v) is 3.38. The highest BCUT2D eigenvalue weighted by atomic mass is 16.3. The molecule has 1 N–H and O–H groups in total. The summed E-state index contributed by atoms with van der Waals surface area (Å²) < 4.78 is 5.62. The van der Waals surface area contributed by atoms with E-state index in [-0.39, 0.29) is 12.5 Å². The predicted octanol–water partition coefficient (Wildman–Crippen LogP) is 2.50. The van der Waals surface area contributed by atoms with Crippen molar-refractivity contribution in [3.8, 4) is 0 Å². The number of aliphatic hydroxyl groups excluding tert-OH is 1. The zero-order chi connectivity index (χ0) is 9.84. The molecule has 74 valence electrons. The van der Waals surface area contributed by atoms with Crippen LogP contribution >= 0.6 is 0 Å². The Hall–Kier alpha value is -0.760. The molecule has 2 heteroatoms. The van der Waals surface area contributed by atoms with Gasteiger partial charge in [-0.1, -0.05) is 20.8 Å². The molecule has 0 saturated heterocycles. The number of furan rings is 1. The number of rotatable bonds is 4. The fraction of sp³-hybridized carbons (Fsp3) is 0.636. The van der Waals surface area contributed by atoms with Crippen LogP contribution in [0.2, 0.25) is 0 Å². The van der Waals surface area contributed by atoms with E-state index in [9.17, 15) is 0 Å². The minimum absolute atomic E-state index is 0.190. The van der Waals surface area contributed by atoms with Gasteiger partial charge in [0.05, 0.1) is 0 Å². The molecule has 1 rings (SSSR count). The van der Waals surface area contributed by atoms with Crippen LogP contribution in [0, 0.1) is 0 Å². The van der Waals surface area contributed by atoms with Crippen molar-refractivity contribution in [2.45, 2.75) is 39.5 Å². The van der Waals surface area contributed by atoms with E-state index in [0.29, 0.717) is 0 Å². The maximum absolute atomic E-state index is 9.05. The lowest BCUT2D eigenvalue weighted by Crippen LogP contribution is -1.99. The van der Waals surface area contributed by atoms with E-state index in [1.807, 2.05) is 6.92 Å². The first-order chi connectivity index (χ1) is 6.22. The molecule has 1 aromatic heterocycles. The van der Waals surface area contributed by atoms with E-state index in [4.69, 9.17) is 9.52 Å². The first-order valence-corrected chi connectivity index (χ1v) is 4.95. The molecule has 0 saturated carbocycles. The van der Waals surface area contributed by atoms with Crippen molar-refractivity contribution >= 4 is 0 Å². The molecular formula is C11H18O2. The lowest BCUT2D eigenvalue weighted by atomic mass is 10.0. The Kier molecular flexibility index (Phi) is 3.55. The maximum Gasteiger partial charge on any atom is 0.107 e. The zero-order valence-corrected chi connectivity index (χ0v) is 8.63. The molecule has 13 heavy (non-hydrogen) atoms. The molecular weight excluding hydrogens is 164 g/mol. The Bertz CT molecular complexity index is 263. The van der Waals surface area contributed by atoms with Crippen molar-refractivity contribution in [3.05, 3.63) is 23.2 Å². The molecule has 2 nitrogen and oxygen atoms in total. The summed E-state index contributed by atoms with van der Waals surface area (Å²) in [4.78, 5) is 0. The van der Waals surface area contributed by atoms with Crippen LogP contribution in [0.15, 0.2) is 10.5 Å². The third-order valence-corrected chi connectivity index (χ3v) is 2.37. The average Bonchev–Trinajstić information content (AvgIpc) is 2.59. The fourth-order valence-electron chi connectivity index (χ4n) is 1.47. The summed E-state index contributed by atoms with van der Waals surface area (Å²) in [5, 5.41) is 9.05. The standard InChI is InChI=1S/C11H18O2/c1-4-9-6-10(8(3)7-12)11(5-2)13-9/h6,8,12H,4-5,7H2,1-3H3. The van der Waals surface area contributed by atoms with E-state index >= 15 is 0 Å². The van der Waals surface area contributed by atoms with Gasteiger partial charge < -0.3 is 9.52 Å². The van der Waals surface area contributed by atoms with Gasteiger partial charge in [0.2, 0.25) is 0 Å². The van der Waals surface area contributed by atoms with Crippen molar-refractivity contribution in [2.75, 3.05) is 6.61 Å². The summed E-state index contributed by atoms with van der Waals surface area (Å²) in [5.41, 5.74) is 1.17. The smallest absolute Gasteiger partial charge is 0.107 e. The van der Waals surface area contributed by atoms with Crippen molar-refractivity contribution in [1.29, 1.82) is 0 Å². The molecule has 1 unspecified atom stereocenters. The van der Waals surface area contributed by atoms with Gasteiger partial charge in [0.15, 0.2) is 0 Å². The number of hydrogen-bond donors (Lipinski definition) is 1. The van der Waals surface area contributed by atoms with Gasteiger partial charge in [0.25, 0.3) is 0 Å². The molecule has 0 amide bonds. The van der Waals surface area contributed by atoms with Crippen LogP contribution in [-0.2, 0) is 12.8 Å². The largest absolute Gasteiger partial charge is 0.466 e. The van der Waals surface area contributed by atoms with Crippen LogP contribution in [0.25, 0.3) is 0 Å². The molecule has 1 atom stereocenters. The molecule has 0 aliphatic carbocycles. The molecule has 0 aliphatic heterocycles. The minimum Gasteiger partial charge on any atom is -0.466 e. The van der Waals surface area contributed by atoms with Crippen molar-refractivity contribution in [1.82, 2.24) is 0 Å². The Labute approximate surface area is 79.6 Å². The summed E-state index contributed by atoms with van der Waals surface area (Å²) in [5.74, 6) is 2.24. The number of hydrogen-bond acceptors (Lipinski definition) is 2. The zero-order valence-electron chi connectivity index (χ0n) is 8.63. The summed E-state index contributed by atoms with van der Waals surface area (Å²) in [6, 6.07) is 2.07. The van der Waals surface area contributed by atoms with Gasteiger partial charge in [-0.2, -0.15) is 0 Å². The molecule has 0 fully saturated rings. The molecule has 0 bridgehead atoms. The van der Waals surface area contributed by atoms with Crippen LogP contribution in [0.3, 0.4) is 0 Å². The Morgan fingerprint density at radius 2 is 2.08 bits per heavy atom. The third-order valence-electron chi connectivity index (χ3n) is 2.37. The topological polar surface area (TPSA) is 33.4 Å². The van der Waals surface area contributed by atoms with Gasteiger partial charge in [0, 0.05) is 25.4 Å². The van der Waals surface area contributed by atoms with Gasteiger partial charge in [0.1, 0.15) is 11.5 Å². The van der Waals surface area contributed by atoms with E-state index in [0.717, 1.165) is 24.4 Å². The van der Waals surface area contributed by atoms with Crippen molar-refractivity contribution < 1.29 is 9.52 Å². The minimum atomic E-state index is 0.190.